The summed E-state index contributed by atoms with van der Waals surface area (Å²) in [5.74, 6) is 0.0307. The van der Waals surface area contributed by atoms with Gasteiger partial charge >= 0.3 is 0 Å². The molecular weight excluding hydrogens is 308 g/mol. The fourth-order valence-corrected chi connectivity index (χ4v) is 3.06. The molecule has 3 rings (SSSR count). The summed E-state index contributed by atoms with van der Waals surface area (Å²) in [5.41, 5.74) is 3.07. The minimum atomic E-state index is 0.0307. The maximum atomic E-state index is 11.9. The fourth-order valence-electron chi connectivity index (χ4n) is 2.24. The largest absolute Gasteiger partial charge is 0.350 e. The number of aryl methyl sites for hydroxylation is 2. The molecule has 0 saturated heterocycles. The van der Waals surface area contributed by atoms with E-state index in [1.54, 1.807) is 22.2 Å². The Kier molecular flexibility index (Phi) is 4.83. The molecule has 0 spiro atoms. The average Bonchev–Trinajstić information content (AvgIpc) is 3.21. The van der Waals surface area contributed by atoms with Crippen LogP contribution in [0.4, 0.5) is 0 Å². The number of aromatic nitrogens is 3. The van der Waals surface area contributed by atoms with Crippen molar-refractivity contribution < 1.29 is 4.79 Å². The third-order valence-electron chi connectivity index (χ3n) is 3.44. The van der Waals surface area contributed by atoms with Crippen LogP contribution < -0.4 is 5.32 Å². The maximum Gasteiger partial charge on any atom is 0.220 e. The van der Waals surface area contributed by atoms with Gasteiger partial charge in [-0.1, -0.05) is 30.3 Å². The lowest BCUT2D eigenvalue weighted by Gasteiger charge is -2.02. The molecule has 0 aliphatic rings. The second-order valence-electron chi connectivity index (χ2n) is 5.31. The molecule has 2 aromatic heterocycles. The van der Waals surface area contributed by atoms with Crippen molar-refractivity contribution in [3.63, 3.8) is 0 Å². The van der Waals surface area contributed by atoms with E-state index in [4.69, 9.17) is 0 Å². The number of rotatable bonds is 6. The molecule has 6 heteroatoms. The molecule has 0 aliphatic heterocycles. The lowest BCUT2D eigenvalue weighted by Crippen LogP contribution is -2.23. The van der Waals surface area contributed by atoms with Crippen LogP contribution in [0, 0.1) is 0 Å². The summed E-state index contributed by atoms with van der Waals surface area (Å²) in [6.07, 6.45) is 4.88. The molecule has 1 N–H and O–H groups in total. The van der Waals surface area contributed by atoms with E-state index >= 15 is 0 Å². The number of hydrogen-bond donors (Lipinski definition) is 1. The van der Waals surface area contributed by atoms with E-state index in [1.807, 2.05) is 49.0 Å². The summed E-state index contributed by atoms with van der Waals surface area (Å²) >= 11 is 1.59. The van der Waals surface area contributed by atoms with Crippen LogP contribution in [0.1, 0.15) is 17.7 Å². The number of hydrogen-bond acceptors (Lipinski definition) is 4. The van der Waals surface area contributed by atoms with Gasteiger partial charge in [0.2, 0.25) is 5.91 Å². The van der Waals surface area contributed by atoms with Gasteiger partial charge in [-0.05, 0) is 12.0 Å². The predicted octanol–water partition coefficient (Wildman–Crippen LogP) is 2.79. The highest BCUT2D eigenvalue weighted by Gasteiger charge is 2.07. The number of nitrogens with one attached hydrogen (secondary N) is 1. The van der Waals surface area contributed by atoms with Crippen LogP contribution in [-0.2, 0) is 24.8 Å². The third kappa shape index (κ3) is 4.26. The van der Waals surface area contributed by atoms with Gasteiger partial charge in [0.25, 0.3) is 0 Å². The van der Waals surface area contributed by atoms with Crippen molar-refractivity contribution in [2.75, 3.05) is 0 Å². The maximum absolute atomic E-state index is 11.9. The first kappa shape index (κ1) is 15.4. The van der Waals surface area contributed by atoms with Crippen molar-refractivity contribution in [1.82, 2.24) is 20.1 Å². The molecule has 0 fully saturated rings. The van der Waals surface area contributed by atoms with Crippen LogP contribution in [-0.4, -0.2) is 20.7 Å². The Morgan fingerprint density at radius 2 is 2.13 bits per heavy atom. The topological polar surface area (TPSA) is 59.8 Å². The summed E-state index contributed by atoms with van der Waals surface area (Å²) in [6.45, 7) is 0.467. The minimum absolute atomic E-state index is 0.0307. The van der Waals surface area contributed by atoms with Crippen molar-refractivity contribution in [2.24, 2.45) is 7.05 Å². The first-order valence-corrected chi connectivity index (χ1v) is 8.33. The Hall–Kier alpha value is -2.47. The molecule has 5 nitrogen and oxygen atoms in total. The molecule has 0 atom stereocenters. The van der Waals surface area contributed by atoms with Crippen LogP contribution in [0.5, 0.6) is 0 Å². The summed E-state index contributed by atoms with van der Waals surface area (Å²) in [5, 5.41) is 9.98. The van der Waals surface area contributed by atoms with E-state index in [0.717, 1.165) is 21.8 Å². The van der Waals surface area contributed by atoms with Crippen molar-refractivity contribution in [2.45, 2.75) is 19.4 Å². The van der Waals surface area contributed by atoms with Crippen molar-refractivity contribution in [3.05, 3.63) is 59.4 Å². The molecule has 2 heterocycles. The number of carbonyl (C=O) groups is 1. The first-order chi connectivity index (χ1) is 11.2. The Morgan fingerprint density at radius 3 is 2.87 bits per heavy atom. The Balaban J connectivity index is 1.48. The van der Waals surface area contributed by atoms with Gasteiger partial charge in [0.05, 0.1) is 18.4 Å². The van der Waals surface area contributed by atoms with Crippen molar-refractivity contribution in [1.29, 1.82) is 0 Å². The summed E-state index contributed by atoms with van der Waals surface area (Å²) in [4.78, 5) is 16.5. The van der Waals surface area contributed by atoms with Gasteiger partial charge in [-0.15, -0.1) is 11.3 Å². The monoisotopic (exact) mass is 326 g/mol. The average molecular weight is 326 g/mol. The summed E-state index contributed by atoms with van der Waals surface area (Å²) in [6, 6.07) is 10.1. The van der Waals surface area contributed by atoms with Crippen molar-refractivity contribution in [3.8, 4) is 10.6 Å². The number of nitrogens with zero attached hydrogens (tertiary/aromatic N) is 3. The Morgan fingerprint density at radius 1 is 1.30 bits per heavy atom. The lowest BCUT2D eigenvalue weighted by atomic mass is 10.2. The van der Waals surface area contributed by atoms with E-state index in [1.165, 1.54) is 0 Å². The van der Waals surface area contributed by atoms with E-state index in [2.05, 4.69) is 15.4 Å². The van der Waals surface area contributed by atoms with Gasteiger partial charge < -0.3 is 5.32 Å². The predicted molar refractivity (Wildman–Crippen MR) is 90.9 cm³/mol. The lowest BCUT2D eigenvalue weighted by molar-refractivity contribution is -0.121. The second-order valence-corrected chi connectivity index (χ2v) is 6.17. The highest BCUT2D eigenvalue weighted by atomic mass is 32.1. The van der Waals surface area contributed by atoms with E-state index in [9.17, 15) is 4.79 Å². The quantitative estimate of drug-likeness (QED) is 0.758. The third-order valence-corrected chi connectivity index (χ3v) is 4.38. The number of benzene rings is 1. The van der Waals surface area contributed by atoms with Gasteiger partial charge in [0, 0.05) is 30.6 Å². The zero-order chi connectivity index (χ0) is 16.1. The molecule has 118 valence electrons. The van der Waals surface area contributed by atoms with E-state index in [-0.39, 0.29) is 5.91 Å². The fraction of sp³-hybridized carbons (Fsp3) is 0.235. The van der Waals surface area contributed by atoms with Crippen LogP contribution in [0.2, 0.25) is 0 Å². The molecule has 0 bridgehead atoms. The van der Waals surface area contributed by atoms with Gasteiger partial charge in [-0.3, -0.25) is 9.48 Å². The zero-order valence-corrected chi connectivity index (χ0v) is 13.7. The van der Waals surface area contributed by atoms with Crippen molar-refractivity contribution >= 4 is 17.2 Å². The Labute approximate surface area is 139 Å². The SMILES string of the molecule is Cn1cc(CCC(=O)NCc2csc(-c3ccccc3)n2)cn1. The summed E-state index contributed by atoms with van der Waals surface area (Å²) < 4.78 is 1.74. The normalized spacial score (nSPS) is 10.7. The number of amides is 1. The molecule has 1 aromatic carbocycles. The highest BCUT2D eigenvalue weighted by Crippen LogP contribution is 2.23. The molecule has 1 amide bonds. The number of thiazole rings is 1. The first-order valence-electron chi connectivity index (χ1n) is 7.45. The van der Waals surface area contributed by atoms with Gasteiger partial charge in [-0.25, -0.2) is 4.98 Å². The van der Waals surface area contributed by atoms with Crippen LogP contribution in [0.3, 0.4) is 0 Å². The standard InChI is InChI=1S/C17H18N4OS/c1-21-11-13(9-19-21)7-8-16(22)18-10-15-12-23-17(20-15)14-5-3-2-4-6-14/h2-6,9,11-12H,7-8,10H2,1H3,(H,18,22). The molecule has 0 aliphatic carbocycles. The zero-order valence-electron chi connectivity index (χ0n) is 12.9. The van der Waals surface area contributed by atoms with Gasteiger partial charge in [-0.2, -0.15) is 5.10 Å². The smallest absolute Gasteiger partial charge is 0.220 e. The minimum Gasteiger partial charge on any atom is -0.350 e. The molecule has 0 saturated carbocycles. The second kappa shape index (κ2) is 7.19. The molecule has 23 heavy (non-hydrogen) atoms. The number of carbonyl (C=O) groups excluding carboxylic acids is 1. The Bertz CT molecular complexity index is 779. The van der Waals surface area contributed by atoms with Crippen LogP contribution in [0.15, 0.2) is 48.1 Å². The van der Waals surface area contributed by atoms with Gasteiger partial charge in [0.1, 0.15) is 5.01 Å². The van der Waals surface area contributed by atoms with E-state index < -0.39 is 0 Å². The van der Waals surface area contributed by atoms with Crippen LogP contribution >= 0.6 is 11.3 Å². The molecule has 0 unspecified atom stereocenters. The summed E-state index contributed by atoms with van der Waals surface area (Å²) in [7, 11) is 1.87. The van der Waals surface area contributed by atoms with E-state index in [0.29, 0.717) is 19.4 Å². The highest BCUT2D eigenvalue weighted by molar-refractivity contribution is 7.13. The van der Waals surface area contributed by atoms with Gasteiger partial charge in [0.15, 0.2) is 0 Å². The van der Waals surface area contributed by atoms with Crippen LogP contribution in [0.25, 0.3) is 10.6 Å². The molecule has 3 aromatic rings. The molecular formula is C17H18N4OS. The molecule has 0 radical (unpaired) electrons.